The van der Waals surface area contributed by atoms with E-state index in [-0.39, 0.29) is 11.0 Å². The van der Waals surface area contributed by atoms with E-state index in [0.717, 1.165) is 17.7 Å². The van der Waals surface area contributed by atoms with Gasteiger partial charge in [-0.2, -0.15) is 0 Å². The van der Waals surface area contributed by atoms with Crippen LogP contribution in [0.2, 0.25) is 0 Å². The molecule has 0 saturated heterocycles. The summed E-state index contributed by atoms with van der Waals surface area (Å²) in [7, 11) is 1.55. The summed E-state index contributed by atoms with van der Waals surface area (Å²) in [5.41, 5.74) is 3.45. The summed E-state index contributed by atoms with van der Waals surface area (Å²) in [4.78, 5) is 12.5. The minimum atomic E-state index is -0.293. The summed E-state index contributed by atoms with van der Waals surface area (Å²) in [6, 6.07) is 13.4. The Morgan fingerprint density at radius 3 is 2.60 bits per heavy atom. The highest BCUT2D eigenvalue weighted by atomic mass is 32.1. The highest BCUT2D eigenvalue weighted by molar-refractivity contribution is 7.80. The number of anilines is 1. The zero-order chi connectivity index (χ0) is 18.4. The van der Waals surface area contributed by atoms with Crippen LogP contribution < -0.4 is 15.4 Å². The molecule has 5 heteroatoms. The number of aryl methyl sites for hydroxylation is 1. The predicted octanol–water partition coefficient (Wildman–Crippen LogP) is 4.64. The van der Waals surface area contributed by atoms with E-state index in [4.69, 9.17) is 17.0 Å². The minimum absolute atomic E-state index is 0.268. The molecule has 0 saturated carbocycles. The van der Waals surface area contributed by atoms with Crippen LogP contribution in [0.1, 0.15) is 47.7 Å². The smallest absolute Gasteiger partial charge is 0.261 e. The molecule has 0 fully saturated rings. The van der Waals surface area contributed by atoms with Crippen LogP contribution in [0, 0.1) is 6.92 Å². The van der Waals surface area contributed by atoms with Crippen molar-refractivity contribution in [3.63, 3.8) is 0 Å². The van der Waals surface area contributed by atoms with Crippen LogP contribution in [0.5, 0.6) is 5.75 Å². The first-order valence-corrected chi connectivity index (χ1v) is 8.73. The minimum Gasteiger partial charge on any atom is -0.496 e. The van der Waals surface area contributed by atoms with Crippen molar-refractivity contribution >= 4 is 28.9 Å². The van der Waals surface area contributed by atoms with E-state index in [1.54, 1.807) is 13.2 Å². The molecule has 2 aromatic rings. The molecule has 2 rings (SSSR count). The number of thiocarbonyl (C=S) groups is 1. The molecule has 0 radical (unpaired) electrons. The molecule has 2 aromatic carbocycles. The Kier molecular flexibility index (Phi) is 6.53. The van der Waals surface area contributed by atoms with Crippen LogP contribution in [0.3, 0.4) is 0 Å². The molecule has 0 aliphatic heterocycles. The first kappa shape index (κ1) is 18.9. The van der Waals surface area contributed by atoms with Gasteiger partial charge in [0.15, 0.2) is 5.11 Å². The fourth-order valence-electron chi connectivity index (χ4n) is 2.69. The van der Waals surface area contributed by atoms with Gasteiger partial charge in [-0.3, -0.25) is 10.1 Å². The van der Waals surface area contributed by atoms with Crippen molar-refractivity contribution in [3.05, 3.63) is 59.2 Å². The van der Waals surface area contributed by atoms with Gasteiger partial charge in [0.2, 0.25) is 0 Å². The average molecular weight is 356 g/mol. The molecule has 0 spiro atoms. The Balaban J connectivity index is 2.14. The lowest BCUT2D eigenvalue weighted by molar-refractivity contribution is 0.0974. The summed E-state index contributed by atoms with van der Waals surface area (Å²) in [6.45, 7) is 6.21. The molecule has 0 aliphatic carbocycles. The number of nitrogens with one attached hydrogen (secondary N) is 2. The van der Waals surface area contributed by atoms with Crippen molar-refractivity contribution in [1.29, 1.82) is 0 Å². The van der Waals surface area contributed by atoms with E-state index in [0.29, 0.717) is 17.2 Å². The molecule has 0 bridgehead atoms. The van der Waals surface area contributed by atoms with Gasteiger partial charge >= 0.3 is 0 Å². The maximum Gasteiger partial charge on any atom is 0.261 e. The van der Waals surface area contributed by atoms with Gasteiger partial charge in [-0.1, -0.05) is 44.2 Å². The number of rotatable bonds is 5. The zero-order valence-corrected chi connectivity index (χ0v) is 15.9. The quantitative estimate of drug-likeness (QED) is 0.766. The molecule has 1 unspecified atom stereocenters. The van der Waals surface area contributed by atoms with E-state index in [9.17, 15) is 4.79 Å². The standard InChI is InChI=1S/C20H24N2O2S/c1-5-13(2)15-10-6-7-12-17(15)21-20(25)22-19(23)16-11-8-9-14(3)18(16)24-4/h6-13H,5H2,1-4H3,(H2,21,22,23,25). The Labute approximate surface area is 154 Å². The van der Waals surface area contributed by atoms with E-state index in [1.807, 2.05) is 37.3 Å². The third kappa shape index (κ3) is 4.57. The summed E-state index contributed by atoms with van der Waals surface area (Å²) in [5, 5.41) is 6.14. The van der Waals surface area contributed by atoms with Crippen LogP contribution in [-0.2, 0) is 0 Å². The second kappa shape index (κ2) is 8.62. The molecule has 0 aromatic heterocycles. The van der Waals surface area contributed by atoms with Crippen LogP contribution in [0.15, 0.2) is 42.5 Å². The summed E-state index contributed by atoms with van der Waals surface area (Å²) >= 11 is 5.32. The van der Waals surface area contributed by atoms with Gasteiger partial charge in [0.1, 0.15) is 5.75 Å². The molecule has 1 amide bonds. The largest absolute Gasteiger partial charge is 0.496 e. The van der Waals surface area contributed by atoms with Gasteiger partial charge in [-0.25, -0.2) is 0 Å². The number of methoxy groups -OCH3 is 1. The topological polar surface area (TPSA) is 50.4 Å². The van der Waals surface area contributed by atoms with Gasteiger partial charge in [0.25, 0.3) is 5.91 Å². The number of carbonyl (C=O) groups is 1. The Morgan fingerprint density at radius 2 is 1.92 bits per heavy atom. The normalized spacial score (nSPS) is 11.5. The molecule has 0 aliphatic rings. The molecule has 4 nitrogen and oxygen atoms in total. The number of amides is 1. The van der Waals surface area contributed by atoms with Gasteiger partial charge in [0, 0.05) is 5.69 Å². The predicted molar refractivity (Wildman–Crippen MR) is 107 cm³/mol. The second-order valence-electron chi connectivity index (χ2n) is 5.96. The molecule has 0 heterocycles. The van der Waals surface area contributed by atoms with Crippen molar-refractivity contribution in [2.45, 2.75) is 33.1 Å². The second-order valence-corrected chi connectivity index (χ2v) is 6.37. The van der Waals surface area contributed by atoms with Gasteiger partial charge in [-0.05, 0) is 54.7 Å². The van der Waals surface area contributed by atoms with Crippen LogP contribution in [-0.4, -0.2) is 18.1 Å². The maximum atomic E-state index is 12.5. The van der Waals surface area contributed by atoms with E-state index >= 15 is 0 Å². The summed E-state index contributed by atoms with van der Waals surface area (Å²) < 4.78 is 5.34. The number of hydrogen-bond acceptors (Lipinski definition) is 3. The lowest BCUT2D eigenvalue weighted by Crippen LogP contribution is -2.34. The zero-order valence-electron chi connectivity index (χ0n) is 15.1. The SMILES string of the molecule is CCC(C)c1ccccc1NC(=S)NC(=O)c1cccc(C)c1OC. The number of ether oxygens (including phenoxy) is 1. The Morgan fingerprint density at radius 1 is 1.20 bits per heavy atom. The van der Waals surface area contributed by atoms with Gasteiger partial charge in [0.05, 0.1) is 12.7 Å². The van der Waals surface area contributed by atoms with Crippen molar-refractivity contribution in [3.8, 4) is 5.75 Å². The molecule has 132 valence electrons. The summed E-state index contributed by atoms with van der Waals surface area (Å²) in [5.74, 6) is 0.668. The molecule has 25 heavy (non-hydrogen) atoms. The fourth-order valence-corrected chi connectivity index (χ4v) is 2.89. The fraction of sp³-hybridized carbons (Fsp3) is 0.300. The maximum absolute atomic E-state index is 12.5. The van der Waals surface area contributed by atoms with Crippen molar-refractivity contribution in [1.82, 2.24) is 5.32 Å². The molecule has 1 atom stereocenters. The molecule has 2 N–H and O–H groups in total. The summed E-state index contributed by atoms with van der Waals surface area (Å²) in [6.07, 6.45) is 1.03. The Hall–Kier alpha value is -2.40. The lowest BCUT2D eigenvalue weighted by Gasteiger charge is -2.17. The monoisotopic (exact) mass is 356 g/mol. The number of para-hydroxylation sites is 2. The lowest BCUT2D eigenvalue weighted by atomic mass is 9.97. The van der Waals surface area contributed by atoms with Crippen LogP contribution >= 0.6 is 12.2 Å². The number of hydrogen-bond donors (Lipinski definition) is 2. The third-order valence-electron chi connectivity index (χ3n) is 4.24. The first-order valence-electron chi connectivity index (χ1n) is 8.32. The highest BCUT2D eigenvalue weighted by Gasteiger charge is 2.16. The highest BCUT2D eigenvalue weighted by Crippen LogP contribution is 2.26. The van der Waals surface area contributed by atoms with E-state index < -0.39 is 0 Å². The number of carbonyl (C=O) groups excluding carboxylic acids is 1. The average Bonchev–Trinajstić information content (AvgIpc) is 2.61. The van der Waals surface area contributed by atoms with E-state index in [2.05, 4.69) is 30.5 Å². The molecular formula is C20H24N2O2S. The first-order chi connectivity index (χ1) is 12.0. The van der Waals surface area contributed by atoms with E-state index in [1.165, 1.54) is 5.56 Å². The van der Waals surface area contributed by atoms with Crippen molar-refractivity contribution in [2.24, 2.45) is 0 Å². The van der Waals surface area contributed by atoms with Crippen LogP contribution in [0.25, 0.3) is 0 Å². The molecular weight excluding hydrogens is 332 g/mol. The van der Waals surface area contributed by atoms with Gasteiger partial charge in [-0.15, -0.1) is 0 Å². The number of benzene rings is 2. The third-order valence-corrected chi connectivity index (χ3v) is 4.44. The van der Waals surface area contributed by atoms with Gasteiger partial charge < -0.3 is 10.1 Å². The van der Waals surface area contributed by atoms with Crippen molar-refractivity contribution < 1.29 is 9.53 Å². The van der Waals surface area contributed by atoms with Crippen molar-refractivity contribution in [2.75, 3.05) is 12.4 Å². The Bertz CT molecular complexity index is 774. The van der Waals surface area contributed by atoms with Crippen LogP contribution in [0.4, 0.5) is 5.69 Å².